The van der Waals surface area contributed by atoms with E-state index >= 15 is 0 Å². The first-order chi connectivity index (χ1) is 1.73. The molecule has 0 heterocycles. The van der Waals surface area contributed by atoms with E-state index in [0.717, 1.165) is 0 Å². The van der Waals surface area contributed by atoms with Crippen LogP contribution in [0.1, 0.15) is 0 Å². The predicted octanol–water partition coefficient (Wildman–Crippen LogP) is -4.54. The Morgan fingerprint density at radius 2 is 1.25 bits per heavy atom. The molecule has 0 saturated carbocycles. The summed E-state index contributed by atoms with van der Waals surface area (Å²) in [6.45, 7) is 0. The standard InChI is InChI=1S/Al.Mg.H2O3Si.H2O.Zn.5H/c;;1-4(2)3;;;;;;;/h;;1-2H;1H2;;;;;;. The van der Waals surface area contributed by atoms with Crippen LogP contribution in [0.5, 0.6) is 0 Å². The summed E-state index contributed by atoms with van der Waals surface area (Å²) in [6.07, 6.45) is 0. The van der Waals surface area contributed by atoms with E-state index < -0.39 is 9.17 Å². The molecule has 8 heteroatoms. The molecule has 0 aromatic rings. The van der Waals surface area contributed by atoms with Gasteiger partial charge in [0, 0.05) is 19.5 Å². The van der Waals surface area contributed by atoms with Crippen LogP contribution in [0.25, 0.3) is 0 Å². The smallest absolute Gasteiger partial charge is 0.511 e. The van der Waals surface area contributed by atoms with Gasteiger partial charge in [0.05, 0.1) is 0 Å². The normalized spacial score (nSPS) is 3.00. The number of rotatable bonds is 0. The molecule has 44 valence electrons. The summed E-state index contributed by atoms with van der Waals surface area (Å²) in [6, 6.07) is 0. The van der Waals surface area contributed by atoms with E-state index in [2.05, 4.69) is 0 Å². The van der Waals surface area contributed by atoms with Crippen LogP contribution in [0.15, 0.2) is 0 Å². The average molecular weight is 218 g/mol. The van der Waals surface area contributed by atoms with E-state index in [1.165, 1.54) is 0 Å². The van der Waals surface area contributed by atoms with Crippen molar-refractivity contribution in [2.75, 3.05) is 0 Å². The van der Waals surface area contributed by atoms with Crippen LogP contribution in [-0.4, -0.2) is 64.7 Å². The van der Waals surface area contributed by atoms with Crippen LogP contribution >= 0.6 is 0 Å². The summed E-state index contributed by atoms with van der Waals surface area (Å²) in [5, 5.41) is 0. The molecule has 0 bridgehead atoms. The van der Waals surface area contributed by atoms with E-state index in [9.17, 15) is 0 Å². The molecule has 0 spiro atoms. The molecular weight excluding hydrogens is 209 g/mol. The molecule has 0 radical (unpaired) electrons. The monoisotopic (exact) mass is 216 g/mol. The first-order valence-electron chi connectivity index (χ1n) is 0.651. The fourth-order valence-electron chi connectivity index (χ4n) is 0. The van der Waals surface area contributed by atoms with Crippen molar-refractivity contribution in [2.45, 2.75) is 0 Å². The third-order valence-corrected chi connectivity index (χ3v) is 0. The molecular formula is H9AlMgO4SiZn. The molecule has 0 atom stereocenters. The summed E-state index contributed by atoms with van der Waals surface area (Å²) in [5.74, 6) is 0. The molecule has 0 fully saturated rings. The molecule has 0 aromatic carbocycles. The van der Waals surface area contributed by atoms with Crippen molar-refractivity contribution < 1.29 is 39.0 Å². The largest absolute Gasteiger partial charge is 0.761 e. The second kappa shape index (κ2) is 23.6. The average Bonchev–Trinajstić information content (AvgIpc) is 0.811. The number of hydrogen-bond donors (Lipinski definition) is 2. The summed E-state index contributed by atoms with van der Waals surface area (Å²) >= 11 is 0. The molecule has 4 N–H and O–H groups in total. The summed E-state index contributed by atoms with van der Waals surface area (Å²) in [4.78, 5) is 14.3. The Kier molecular flexibility index (Phi) is 100. The zero-order valence-corrected chi connectivity index (χ0v) is 6.98. The minimum atomic E-state index is -3.13. The zero-order valence-electron chi connectivity index (χ0n) is 3.01. The Hall–Kier alpha value is 1.50. The van der Waals surface area contributed by atoms with Crippen molar-refractivity contribution in [1.82, 2.24) is 0 Å². The second-order valence-corrected chi connectivity index (χ2v) is 0.848. The van der Waals surface area contributed by atoms with Gasteiger partial charge in [-0.15, -0.1) is 0 Å². The molecule has 0 amide bonds. The van der Waals surface area contributed by atoms with Gasteiger partial charge in [-0.2, -0.15) is 0 Å². The Bertz CT molecular complexity index is 39.0. The van der Waals surface area contributed by atoms with Gasteiger partial charge < -0.3 is 15.1 Å². The van der Waals surface area contributed by atoms with Crippen LogP contribution < -0.4 is 0 Å². The third-order valence-electron chi connectivity index (χ3n) is 0. The topological polar surface area (TPSA) is 89.0 Å². The quantitative estimate of drug-likeness (QED) is 0.401. The predicted molar refractivity (Wildman–Crippen MR) is 33.0 cm³/mol. The fourth-order valence-corrected chi connectivity index (χ4v) is 0. The first-order valence-corrected chi connectivity index (χ1v) is 1.95. The summed E-state index contributed by atoms with van der Waals surface area (Å²) in [7, 11) is -3.13. The minimum Gasteiger partial charge on any atom is -0.511 e. The van der Waals surface area contributed by atoms with Gasteiger partial charge in [-0.25, -0.2) is 0 Å². The Morgan fingerprint density at radius 1 is 1.25 bits per heavy atom. The van der Waals surface area contributed by atoms with E-state index in [4.69, 9.17) is 14.1 Å². The third kappa shape index (κ3) is 141. The van der Waals surface area contributed by atoms with Gasteiger partial charge in [0.15, 0.2) is 17.4 Å². The molecule has 0 aromatic heterocycles. The van der Waals surface area contributed by atoms with Crippen LogP contribution in [0.4, 0.5) is 0 Å². The molecule has 0 unspecified atom stereocenters. The van der Waals surface area contributed by atoms with E-state index in [1.807, 2.05) is 0 Å². The molecule has 4 nitrogen and oxygen atoms in total. The van der Waals surface area contributed by atoms with Gasteiger partial charge >= 0.3 is 32.2 Å². The molecule has 0 aliphatic heterocycles. The van der Waals surface area contributed by atoms with Gasteiger partial charge in [-0.3, -0.25) is 4.46 Å². The van der Waals surface area contributed by atoms with E-state index in [-0.39, 0.29) is 65.4 Å². The van der Waals surface area contributed by atoms with Gasteiger partial charge in [0.2, 0.25) is 0 Å². The van der Waals surface area contributed by atoms with Crippen LogP contribution in [0, 0.1) is 0 Å². The molecule has 0 aliphatic carbocycles. The Morgan fingerprint density at radius 3 is 1.25 bits per heavy atom. The SMILES string of the molecule is O.O=[Si](O)O.[AlH3].[MgH2].[Zn]. The Labute approximate surface area is 87.9 Å². The van der Waals surface area contributed by atoms with Gasteiger partial charge in [-0.05, 0) is 0 Å². The van der Waals surface area contributed by atoms with Crippen LogP contribution in [-0.2, 0) is 23.9 Å². The molecule has 0 saturated heterocycles. The van der Waals surface area contributed by atoms with Crippen molar-refractivity contribution in [3.63, 3.8) is 0 Å². The molecule has 0 aliphatic rings. The van der Waals surface area contributed by atoms with Crippen molar-refractivity contribution in [3.05, 3.63) is 0 Å². The van der Waals surface area contributed by atoms with Gasteiger partial charge in [-0.1, -0.05) is 0 Å². The van der Waals surface area contributed by atoms with E-state index in [0.29, 0.717) is 0 Å². The molecule has 8 heavy (non-hydrogen) atoms. The zero-order chi connectivity index (χ0) is 3.58. The van der Waals surface area contributed by atoms with Crippen LogP contribution in [0.3, 0.4) is 0 Å². The fraction of sp³-hybridized carbons (Fsp3) is 0. The van der Waals surface area contributed by atoms with Crippen molar-refractivity contribution in [1.29, 1.82) is 0 Å². The number of hydrogen-bond acceptors (Lipinski definition) is 1. The maximum Gasteiger partial charge on any atom is 0.761 e. The molecule has 0 rings (SSSR count). The maximum absolute atomic E-state index is 8.74. The second-order valence-electron chi connectivity index (χ2n) is 0.283. The first kappa shape index (κ1) is 33.9. The van der Waals surface area contributed by atoms with Crippen LogP contribution in [0.2, 0.25) is 0 Å². The van der Waals surface area contributed by atoms with E-state index in [1.54, 1.807) is 0 Å². The van der Waals surface area contributed by atoms with Gasteiger partial charge in [0.1, 0.15) is 0 Å². The Balaban J connectivity index is -0.00000000750. The van der Waals surface area contributed by atoms with Crippen molar-refractivity contribution >= 4 is 49.6 Å². The summed E-state index contributed by atoms with van der Waals surface area (Å²) < 4.78 is 8.74. The summed E-state index contributed by atoms with van der Waals surface area (Å²) in [5.41, 5.74) is 0. The van der Waals surface area contributed by atoms with Crippen molar-refractivity contribution in [3.8, 4) is 0 Å². The van der Waals surface area contributed by atoms with Gasteiger partial charge in [0.25, 0.3) is 0 Å². The van der Waals surface area contributed by atoms with Crippen molar-refractivity contribution in [2.24, 2.45) is 0 Å². The minimum absolute atomic E-state index is 0. The maximum atomic E-state index is 8.74.